The van der Waals surface area contributed by atoms with Crippen LogP contribution in [0, 0.1) is 13.8 Å². The number of rotatable bonds is 4. The predicted octanol–water partition coefficient (Wildman–Crippen LogP) is 3.47. The Kier molecular flexibility index (Phi) is 4.34. The summed E-state index contributed by atoms with van der Waals surface area (Å²) >= 11 is 1.39. The number of aromatic nitrogens is 3. The van der Waals surface area contributed by atoms with Gasteiger partial charge in [-0.1, -0.05) is 30.0 Å². The molecule has 1 amide bonds. The van der Waals surface area contributed by atoms with Crippen molar-refractivity contribution in [1.82, 2.24) is 14.6 Å². The molecule has 0 saturated carbocycles. The van der Waals surface area contributed by atoms with Crippen LogP contribution in [0.5, 0.6) is 0 Å². The molecule has 118 valence electrons. The predicted molar refractivity (Wildman–Crippen MR) is 92.9 cm³/mol. The molecule has 6 heteroatoms. The summed E-state index contributed by atoms with van der Waals surface area (Å²) in [5.41, 5.74) is 3.80. The summed E-state index contributed by atoms with van der Waals surface area (Å²) in [7, 11) is 0. The number of amides is 1. The number of aryl methyl sites for hydroxylation is 2. The summed E-state index contributed by atoms with van der Waals surface area (Å²) in [4.78, 5) is 12.4. The molecule has 0 radical (unpaired) electrons. The van der Waals surface area contributed by atoms with Gasteiger partial charge in [0.25, 0.3) is 0 Å². The van der Waals surface area contributed by atoms with Crippen molar-refractivity contribution >= 4 is 29.0 Å². The van der Waals surface area contributed by atoms with Gasteiger partial charge in [-0.25, -0.2) is 0 Å². The molecular weight excluding hydrogens is 308 g/mol. The van der Waals surface area contributed by atoms with Crippen LogP contribution in [0.1, 0.15) is 18.1 Å². The van der Waals surface area contributed by atoms with E-state index in [-0.39, 0.29) is 11.2 Å². The largest absolute Gasteiger partial charge is 0.325 e. The van der Waals surface area contributed by atoms with Crippen LogP contribution in [0.3, 0.4) is 0 Å². The third-order valence-electron chi connectivity index (χ3n) is 3.58. The lowest BCUT2D eigenvalue weighted by atomic mass is 10.1. The first-order valence-corrected chi connectivity index (χ1v) is 8.27. The number of nitrogens with one attached hydrogen (secondary N) is 1. The Balaban J connectivity index is 1.74. The fourth-order valence-corrected chi connectivity index (χ4v) is 3.05. The number of hydrogen-bond acceptors (Lipinski definition) is 4. The molecule has 0 spiro atoms. The van der Waals surface area contributed by atoms with Crippen LogP contribution in [0.25, 0.3) is 5.65 Å². The third-order valence-corrected chi connectivity index (χ3v) is 4.64. The van der Waals surface area contributed by atoms with E-state index in [1.165, 1.54) is 11.8 Å². The van der Waals surface area contributed by atoms with Crippen molar-refractivity contribution in [3.8, 4) is 0 Å². The Morgan fingerprint density at radius 1 is 1.22 bits per heavy atom. The van der Waals surface area contributed by atoms with Gasteiger partial charge in [0.1, 0.15) is 0 Å². The second-order valence-electron chi connectivity index (χ2n) is 5.48. The van der Waals surface area contributed by atoms with Crippen molar-refractivity contribution in [3.63, 3.8) is 0 Å². The summed E-state index contributed by atoms with van der Waals surface area (Å²) < 4.78 is 1.88. The maximum atomic E-state index is 12.4. The molecule has 0 aliphatic rings. The van der Waals surface area contributed by atoms with Gasteiger partial charge in [-0.05, 0) is 50.1 Å². The van der Waals surface area contributed by atoms with Gasteiger partial charge in [-0.2, -0.15) is 0 Å². The highest BCUT2D eigenvalue weighted by atomic mass is 32.2. The molecule has 2 aromatic heterocycles. The Morgan fingerprint density at radius 2 is 2.04 bits per heavy atom. The first kappa shape index (κ1) is 15.6. The number of thioether (sulfide) groups is 1. The minimum atomic E-state index is -0.275. The van der Waals surface area contributed by atoms with Gasteiger partial charge >= 0.3 is 0 Å². The molecule has 1 N–H and O–H groups in total. The van der Waals surface area contributed by atoms with E-state index in [9.17, 15) is 4.79 Å². The maximum Gasteiger partial charge on any atom is 0.237 e. The van der Waals surface area contributed by atoms with Crippen molar-refractivity contribution in [2.45, 2.75) is 31.2 Å². The zero-order chi connectivity index (χ0) is 16.4. The van der Waals surface area contributed by atoms with Crippen LogP contribution >= 0.6 is 11.8 Å². The molecular formula is C17H18N4OS. The van der Waals surface area contributed by atoms with Gasteiger partial charge in [-0.3, -0.25) is 9.20 Å². The average molecular weight is 326 g/mol. The summed E-state index contributed by atoms with van der Waals surface area (Å²) in [5.74, 6) is -0.0450. The minimum absolute atomic E-state index is 0.0450. The molecule has 0 fully saturated rings. The van der Waals surface area contributed by atoms with Crippen LogP contribution in [-0.4, -0.2) is 25.8 Å². The van der Waals surface area contributed by atoms with Gasteiger partial charge < -0.3 is 5.32 Å². The lowest BCUT2D eigenvalue weighted by molar-refractivity contribution is -0.115. The van der Waals surface area contributed by atoms with E-state index in [0.29, 0.717) is 5.16 Å². The van der Waals surface area contributed by atoms with E-state index in [4.69, 9.17) is 0 Å². The van der Waals surface area contributed by atoms with E-state index >= 15 is 0 Å². The van der Waals surface area contributed by atoms with Crippen LogP contribution in [0.2, 0.25) is 0 Å². The van der Waals surface area contributed by atoms with Crippen LogP contribution in [-0.2, 0) is 4.79 Å². The van der Waals surface area contributed by atoms with Crippen molar-refractivity contribution < 1.29 is 4.79 Å². The topological polar surface area (TPSA) is 59.3 Å². The molecule has 0 aliphatic carbocycles. The number of anilines is 1. The zero-order valence-corrected chi connectivity index (χ0v) is 14.1. The number of carbonyl (C=O) groups excluding carboxylic acids is 1. The van der Waals surface area contributed by atoms with Crippen molar-refractivity contribution in [2.75, 3.05) is 5.32 Å². The summed E-state index contributed by atoms with van der Waals surface area (Å²) in [6.07, 6.45) is 1.90. The lowest BCUT2D eigenvalue weighted by Gasteiger charge is -2.13. The minimum Gasteiger partial charge on any atom is -0.325 e. The van der Waals surface area contributed by atoms with Gasteiger partial charge in [-0.15, -0.1) is 10.2 Å². The first-order valence-electron chi connectivity index (χ1n) is 7.39. The number of fused-ring (bicyclic) bond motifs is 1. The Bertz CT molecular complexity index is 859. The smallest absolute Gasteiger partial charge is 0.237 e. The number of carbonyl (C=O) groups is 1. The monoisotopic (exact) mass is 326 g/mol. The average Bonchev–Trinajstić information content (AvgIpc) is 2.94. The molecule has 0 saturated heterocycles. The highest BCUT2D eigenvalue weighted by Crippen LogP contribution is 2.24. The van der Waals surface area contributed by atoms with Gasteiger partial charge in [0.05, 0.1) is 5.25 Å². The van der Waals surface area contributed by atoms with Crippen LogP contribution in [0.15, 0.2) is 47.8 Å². The second-order valence-corrected chi connectivity index (χ2v) is 6.79. The van der Waals surface area contributed by atoms with Gasteiger partial charge in [0, 0.05) is 11.9 Å². The normalized spacial score (nSPS) is 12.3. The van der Waals surface area contributed by atoms with Crippen molar-refractivity contribution in [3.05, 3.63) is 53.7 Å². The van der Waals surface area contributed by atoms with Gasteiger partial charge in [0.2, 0.25) is 5.91 Å². The van der Waals surface area contributed by atoms with E-state index in [2.05, 4.69) is 15.5 Å². The highest BCUT2D eigenvalue weighted by molar-refractivity contribution is 8.00. The van der Waals surface area contributed by atoms with Crippen LogP contribution in [0.4, 0.5) is 5.69 Å². The van der Waals surface area contributed by atoms with Gasteiger partial charge in [0.15, 0.2) is 10.8 Å². The lowest BCUT2D eigenvalue weighted by Crippen LogP contribution is -2.23. The van der Waals surface area contributed by atoms with Crippen LogP contribution < -0.4 is 5.32 Å². The number of hydrogen-bond donors (Lipinski definition) is 1. The fraction of sp³-hybridized carbons (Fsp3) is 0.235. The highest BCUT2D eigenvalue weighted by Gasteiger charge is 2.18. The Morgan fingerprint density at radius 3 is 2.87 bits per heavy atom. The van der Waals surface area contributed by atoms with E-state index in [1.54, 1.807) is 0 Å². The second kappa shape index (κ2) is 6.42. The standard InChI is InChI=1S/C17H18N4OS/c1-11-7-8-12(2)14(10-11)18-16(22)13(3)23-17-20-19-15-6-4-5-9-21(15)17/h4-10,13H,1-3H3,(H,18,22)/t13-/m1/s1. The molecule has 0 aliphatic heterocycles. The maximum absolute atomic E-state index is 12.4. The van der Waals surface area contributed by atoms with Crippen molar-refractivity contribution in [1.29, 1.82) is 0 Å². The molecule has 0 unspecified atom stereocenters. The molecule has 1 atom stereocenters. The number of nitrogens with zero attached hydrogens (tertiary/aromatic N) is 3. The Labute approximate surface area is 139 Å². The third kappa shape index (κ3) is 3.37. The number of pyridine rings is 1. The summed E-state index contributed by atoms with van der Waals surface area (Å²) in [5, 5.41) is 11.7. The molecule has 5 nitrogen and oxygen atoms in total. The fourth-order valence-electron chi connectivity index (χ4n) is 2.22. The quantitative estimate of drug-likeness (QED) is 0.746. The molecule has 1 aromatic carbocycles. The van der Waals surface area contributed by atoms with E-state index in [1.807, 2.05) is 67.8 Å². The van der Waals surface area contributed by atoms with E-state index in [0.717, 1.165) is 22.5 Å². The number of benzene rings is 1. The molecule has 3 rings (SSSR count). The summed E-state index contributed by atoms with van der Waals surface area (Å²) in [6.45, 7) is 5.86. The molecule has 2 heterocycles. The SMILES string of the molecule is Cc1ccc(C)c(NC(=O)[C@@H](C)Sc2nnc3ccccn23)c1. The summed E-state index contributed by atoms with van der Waals surface area (Å²) in [6, 6.07) is 11.7. The molecule has 3 aromatic rings. The molecule has 23 heavy (non-hydrogen) atoms. The zero-order valence-electron chi connectivity index (χ0n) is 13.3. The first-order chi connectivity index (χ1) is 11.0. The van der Waals surface area contributed by atoms with Crippen molar-refractivity contribution in [2.24, 2.45) is 0 Å². The van der Waals surface area contributed by atoms with E-state index < -0.39 is 0 Å². The molecule has 0 bridgehead atoms. The Hall–Kier alpha value is -2.34.